The van der Waals surface area contributed by atoms with Gasteiger partial charge in [-0.1, -0.05) is 0 Å². The van der Waals surface area contributed by atoms with Crippen molar-refractivity contribution in [3.63, 3.8) is 0 Å². The molecule has 60 valence electrons. The molecule has 0 spiro atoms. The van der Waals surface area contributed by atoms with Crippen LogP contribution in [0, 0.1) is 6.92 Å². The van der Waals surface area contributed by atoms with E-state index in [4.69, 9.17) is 0 Å². The van der Waals surface area contributed by atoms with E-state index < -0.39 is 6.17 Å². The van der Waals surface area contributed by atoms with Crippen LogP contribution in [0.4, 0.5) is 4.39 Å². The van der Waals surface area contributed by atoms with E-state index in [0.717, 1.165) is 11.3 Å². The van der Waals surface area contributed by atoms with Crippen LogP contribution in [-0.2, 0) is 0 Å². The summed E-state index contributed by atoms with van der Waals surface area (Å²) in [7, 11) is 0. The second-order valence-corrected chi connectivity index (χ2v) is 3.30. The Morgan fingerprint density at radius 3 is 2.64 bits per heavy atom. The number of aromatic nitrogens is 1. The highest BCUT2D eigenvalue weighted by atomic mass is 32.1. The molecule has 1 unspecified atom stereocenters. The first-order valence-corrected chi connectivity index (χ1v) is 4.03. The monoisotopic (exact) mass is 173 g/mol. The molecule has 1 rings (SSSR count). The summed E-state index contributed by atoms with van der Waals surface area (Å²) in [5.74, 6) is 0. The van der Waals surface area contributed by atoms with E-state index in [1.54, 1.807) is 6.92 Å². The number of thiazole rings is 1. The lowest BCUT2D eigenvalue weighted by Gasteiger charge is -1.95. The Morgan fingerprint density at radius 1 is 1.73 bits per heavy atom. The average Bonchev–Trinajstić information content (AvgIpc) is 2.30. The Morgan fingerprint density at radius 2 is 2.36 bits per heavy atom. The van der Waals surface area contributed by atoms with Gasteiger partial charge in [-0.25, -0.2) is 9.37 Å². The summed E-state index contributed by atoms with van der Waals surface area (Å²) in [4.78, 5) is 14.6. The average molecular weight is 173 g/mol. The largest absolute Gasteiger partial charge is 0.295 e. The van der Waals surface area contributed by atoms with Gasteiger partial charge in [0.2, 0.25) is 0 Å². The number of nitrogens with zero attached hydrogens (tertiary/aromatic N) is 1. The molecule has 0 saturated carbocycles. The third-order valence-corrected chi connectivity index (χ3v) is 2.55. The van der Waals surface area contributed by atoms with Gasteiger partial charge in [0.05, 0.1) is 10.6 Å². The van der Waals surface area contributed by atoms with Crippen LogP contribution in [0.25, 0.3) is 0 Å². The Hall–Kier alpha value is -0.770. The number of aldehydes is 1. The highest BCUT2D eigenvalue weighted by Gasteiger charge is 2.12. The molecule has 0 aliphatic heterocycles. The fourth-order valence-corrected chi connectivity index (χ4v) is 1.66. The number of aryl methyl sites for hydroxylation is 1. The Labute approximate surface area is 68.1 Å². The minimum atomic E-state index is -1.03. The maximum Gasteiger partial charge on any atom is 0.178 e. The van der Waals surface area contributed by atoms with E-state index in [9.17, 15) is 9.18 Å². The molecular formula is C7H8FNOS. The van der Waals surface area contributed by atoms with Gasteiger partial charge in [0, 0.05) is 0 Å². The first-order valence-electron chi connectivity index (χ1n) is 3.21. The highest BCUT2D eigenvalue weighted by Crippen LogP contribution is 2.26. The maximum absolute atomic E-state index is 12.7. The molecule has 0 bridgehead atoms. The van der Waals surface area contributed by atoms with Crippen molar-refractivity contribution in [3.8, 4) is 0 Å². The molecule has 0 aliphatic carbocycles. The van der Waals surface area contributed by atoms with E-state index in [0.29, 0.717) is 21.9 Å². The van der Waals surface area contributed by atoms with Gasteiger partial charge < -0.3 is 0 Å². The predicted molar refractivity (Wildman–Crippen MR) is 41.8 cm³/mol. The molecule has 4 heteroatoms. The van der Waals surface area contributed by atoms with Crippen LogP contribution >= 0.6 is 11.3 Å². The van der Waals surface area contributed by atoms with Crippen LogP contribution < -0.4 is 0 Å². The predicted octanol–water partition coefficient (Wildman–Crippen LogP) is 2.29. The number of hydrogen-bond donors (Lipinski definition) is 0. The number of carbonyl (C=O) groups excluding carboxylic acids is 1. The van der Waals surface area contributed by atoms with Gasteiger partial charge in [-0.05, 0) is 13.8 Å². The Bertz CT molecular complexity index is 269. The van der Waals surface area contributed by atoms with Gasteiger partial charge in [-0.2, -0.15) is 0 Å². The lowest BCUT2D eigenvalue weighted by Crippen LogP contribution is -1.83. The van der Waals surface area contributed by atoms with Crippen molar-refractivity contribution in [2.24, 2.45) is 0 Å². The SMILES string of the molecule is Cc1nc(C=O)sc1C(C)F. The summed E-state index contributed by atoms with van der Waals surface area (Å²) in [6.07, 6.45) is -0.384. The van der Waals surface area contributed by atoms with Gasteiger partial charge in [0.1, 0.15) is 6.17 Å². The first-order chi connectivity index (χ1) is 5.15. The minimum absolute atomic E-state index is 0.349. The topological polar surface area (TPSA) is 30.0 Å². The summed E-state index contributed by atoms with van der Waals surface area (Å²) < 4.78 is 12.7. The summed E-state index contributed by atoms with van der Waals surface area (Å²) in [5.41, 5.74) is 0.618. The molecule has 0 aliphatic rings. The Balaban J connectivity index is 3.06. The van der Waals surface area contributed by atoms with Crippen LogP contribution in [0.2, 0.25) is 0 Å². The molecular weight excluding hydrogens is 165 g/mol. The molecule has 1 aromatic rings. The van der Waals surface area contributed by atoms with E-state index >= 15 is 0 Å². The molecule has 1 aromatic heterocycles. The zero-order valence-corrected chi connectivity index (χ0v) is 7.11. The van der Waals surface area contributed by atoms with Crippen LogP contribution in [0.3, 0.4) is 0 Å². The van der Waals surface area contributed by atoms with Crippen molar-refractivity contribution in [2.75, 3.05) is 0 Å². The number of hydrogen-bond acceptors (Lipinski definition) is 3. The van der Waals surface area contributed by atoms with Gasteiger partial charge in [-0.3, -0.25) is 4.79 Å². The summed E-state index contributed by atoms with van der Waals surface area (Å²) in [6, 6.07) is 0. The highest BCUT2D eigenvalue weighted by molar-refractivity contribution is 7.13. The standard InChI is InChI=1S/C7H8FNOS/c1-4(8)7-5(2)9-6(3-10)11-7/h3-4H,1-2H3. The number of alkyl halides is 1. The number of halogens is 1. The van der Waals surface area contributed by atoms with Crippen molar-refractivity contribution < 1.29 is 9.18 Å². The summed E-state index contributed by atoms with van der Waals surface area (Å²) in [6.45, 7) is 3.14. The fraction of sp³-hybridized carbons (Fsp3) is 0.429. The minimum Gasteiger partial charge on any atom is -0.295 e. The van der Waals surface area contributed by atoms with Crippen molar-refractivity contribution in [1.29, 1.82) is 0 Å². The Kier molecular flexibility index (Phi) is 2.34. The van der Waals surface area contributed by atoms with E-state index in [2.05, 4.69) is 4.98 Å². The van der Waals surface area contributed by atoms with Crippen molar-refractivity contribution in [2.45, 2.75) is 20.0 Å². The first kappa shape index (κ1) is 8.33. The van der Waals surface area contributed by atoms with Crippen molar-refractivity contribution in [1.82, 2.24) is 4.98 Å². The molecule has 0 N–H and O–H groups in total. The van der Waals surface area contributed by atoms with E-state index in [1.807, 2.05) is 0 Å². The molecule has 1 atom stereocenters. The van der Waals surface area contributed by atoms with Gasteiger partial charge in [0.25, 0.3) is 0 Å². The van der Waals surface area contributed by atoms with E-state index in [1.165, 1.54) is 6.92 Å². The lowest BCUT2D eigenvalue weighted by molar-refractivity contribution is 0.112. The molecule has 0 amide bonds. The maximum atomic E-state index is 12.7. The van der Waals surface area contributed by atoms with Crippen molar-refractivity contribution in [3.05, 3.63) is 15.6 Å². The number of rotatable bonds is 2. The zero-order chi connectivity index (χ0) is 8.43. The molecule has 1 heterocycles. The number of carbonyl (C=O) groups is 1. The molecule has 0 aromatic carbocycles. The zero-order valence-electron chi connectivity index (χ0n) is 6.30. The van der Waals surface area contributed by atoms with Crippen LogP contribution in [0.15, 0.2) is 0 Å². The third-order valence-electron chi connectivity index (χ3n) is 1.31. The van der Waals surface area contributed by atoms with Gasteiger partial charge in [-0.15, -0.1) is 11.3 Å². The molecule has 0 saturated heterocycles. The van der Waals surface area contributed by atoms with Gasteiger partial charge in [0.15, 0.2) is 11.3 Å². The third kappa shape index (κ3) is 1.63. The fourth-order valence-electron chi connectivity index (χ4n) is 0.849. The molecule has 0 radical (unpaired) electrons. The quantitative estimate of drug-likeness (QED) is 0.642. The second kappa shape index (κ2) is 3.09. The smallest absolute Gasteiger partial charge is 0.178 e. The lowest BCUT2D eigenvalue weighted by atomic mass is 10.3. The van der Waals surface area contributed by atoms with Crippen LogP contribution in [0.5, 0.6) is 0 Å². The molecule has 11 heavy (non-hydrogen) atoms. The van der Waals surface area contributed by atoms with Crippen molar-refractivity contribution >= 4 is 17.6 Å². The van der Waals surface area contributed by atoms with E-state index in [-0.39, 0.29) is 0 Å². The normalized spacial score (nSPS) is 13.0. The van der Waals surface area contributed by atoms with Crippen LogP contribution in [0.1, 0.15) is 33.5 Å². The summed E-state index contributed by atoms with van der Waals surface area (Å²) >= 11 is 1.11. The summed E-state index contributed by atoms with van der Waals surface area (Å²) in [5, 5.41) is 0.349. The molecule has 0 fully saturated rings. The molecule has 2 nitrogen and oxygen atoms in total. The second-order valence-electron chi connectivity index (χ2n) is 2.24. The van der Waals surface area contributed by atoms with Gasteiger partial charge >= 0.3 is 0 Å². The van der Waals surface area contributed by atoms with Crippen LogP contribution in [-0.4, -0.2) is 11.3 Å².